The lowest BCUT2D eigenvalue weighted by Crippen LogP contribution is -2.48. The van der Waals surface area contributed by atoms with Crippen molar-refractivity contribution in [3.63, 3.8) is 0 Å². The maximum absolute atomic E-state index is 12.4. The van der Waals surface area contributed by atoms with E-state index in [0.29, 0.717) is 13.2 Å². The van der Waals surface area contributed by atoms with E-state index < -0.39 is 10.2 Å². The zero-order valence-electron chi connectivity index (χ0n) is 11.7. The highest BCUT2D eigenvalue weighted by Gasteiger charge is 2.35. The Balaban J connectivity index is 1.88. The number of hydrogen-bond acceptors (Lipinski definition) is 4. The number of rotatable bonds is 4. The maximum atomic E-state index is 12.4. The third kappa shape index (κ3) is 4.15. The number of carbonyl (C=O) groups is 1. The number of nitrogens with two attached hydrogens (primary N) is 1. The SMILES string of the molecule is CC1CCOC1C(=O)N1CCCC(CNS(N)(=O)=O)C1. The van der Waals surface area contributed by atoms with Gasteiger partial charge < -0.3 is 9.64 Å². The minimum absolute atomic E-state index is 0.0373. The number of amides is 1. The van der Waals surface area contributed by atoms with Crippen molar-refractivity contribution in [1.29, 1.82) is 0 Å². The highest BCUT2D eigenvalue weighted by Crippen LogP contribution is 2.24. The molecule has 2 aliphatic heterocycles. The summed E-state index contributed by atoms with van der Waals surface area (Å²) in [6.45, 7) is 4.23. The van der Waals surface area contributed by atoms with Gasteiger partial charge in [0.1, 0.15) is 6.10 Å². The van der Waals surface area contributed by atoms with E-state index in [9.17, 15) is 13.2 Å². The van der Waals surface area contributed by atoms with Crippen LogP contribution in [0.15, 0.2) is 0 Å². The van der Waals surface area contributed by atoms with Gasteiger partial charge in [0.25, 0.3) is 16.1 Å². The van der Waals surface area contributed by atoms with E-state index in [1.807, 2.05) is 6.92 Å². The number of hydrogen-bond donors (Lipinski definition) is 2. The molecular weight excluding hydrogens is 282 g/mol. The number of piperidine rings is 1. The van der Waals surface area contributed by atoms with E-state index in [-0.39, 0.29) is 30.4 Å². The standard InChI is InChI=1S/C12H23N3O4S/c1-9-4-6-19-11(9)12(16)15-5-2-3-10(8-15)7-14-20(13,17)18/h9-11,14H,2-8H2,1H3,(H2,13,17,18). The largest absolute Gasteiger partial charge is 0.368 e. The fourth-order valence-corrected chi connectivity index (χ4v) is 3.33. The van der Waals surface area contributed by atoms with Crippen molar-refractivity contribution >= 4 is 16.1 Å². The topological polar surface area (TPSA) is 102 Å². The molecule has 2 saturated heterocycles. The number of nitrogens with zero attached hydrogens (tertiary/aromatic N) is 1. The monoisotopic (exact) mass is 305 g/mol. The Hall–Kier alpha value is -0.700. The lowest BCUT2D eigenvalue weighted by atomic mass is 9.96. The number of nitrogens with one attached hydrogen (secondary N) is 1. The van der Waals surface area contributed by atoms with E-state index in [2.05, 4.69) is 4.72 Å². The smallest absolute Gasteiger partial charge is 0.274 e. The second-order valence-electron chi connectivity index (χ2n) is 5.74. The molecule has 2 heterocycles. The fourth-order valence-electron chi connectivity index (χ4n) is 2.86. The molecule has 0 aromatic rings. The molecule has 3 N–H and O–H groups in total. The van der Waals surface area contributed by atoms with Gasteiger partial charge in [0.15, 0.2) is 0 Å². The molecule has 1 amide bonds. The Morgan fingerprint density at radius 2 is 2.20 bits per heavy atom. The van der Waals surface area contributed by atoms with E-state index in [0.717, 1.165) is 25.8 Å². The molecule has 0 aromatic heterocycles. The first kappa shape index (κ1) is 15.7. The first-order valence-electron chi connectivity index (χ1n) is 7.04. The summed E-state index contributed by atoms with van der Waals surface area (Å²) in [5, 5.41) is 4.93. The molecule has 116 valence electrons. The molecule has 2 fully saturated rings. The average molecular weight is 305 g/mol. The van der Waals surface area contributed by atoms with Crippen molar-refractivity contribution in [2.24, 2.45) is 17.0 Å². The second kappa shape index (κ2) is 6.38. The van der Waals surface area contributed by atoms with Gasteiger partial charge in [-0.2, -0.15) is 8.42 Å². The van der Waals surface area contributed by atoms with Crippen molar-refractivity contribution in [3.8, 4) is 0 Å². The summed E-state index contributed by atoms with van der Waals surface area (Å²) in [6.07, 6.45) is 2.36. The lowest BCUT2D eigenvalue weighted by molar-refractivity contribution is -0.144. The Morgan fingerprint density at radius 3 is 2.80 bits per heavy atom. The van der Waals surface area contributed by atoms with Crippen LogP contribution in [0.4, 0.5) is 0 Å². The van der Waals surface area contributed by atoms with Crippen LogP contribution < -0.4 is 9.86 Å². The van der Waals surface area contributed by atoms with Crippen molar-refractivity contribution in [2.75, 3.05) is 26.2 Å². The highest BCUT2D eigenvalue weighted by atomic mass is 32.2. The molecule has 8 heteroatoms. The summed E-state index contributed by atoms with van der Waals surface area (Å²) in [5.74, 6) is 0.406. The molecule has 0 radical (unpaired) electrons. The molecule has 3 unspecified atom stereocenters. The fraction of sp³-hybridized carbons (Fsp3) is 0.917. The van der Waals surface area contributed by atoms with Gasteiger partial charge in [-0.25, -0.2) is 9.86 Å². The second-order valence-corrected chi connectivity index (χ2v) is 7.12. The Bertz CT molecular complexity index is 454. The van der Waals surface area contributed by atoms with Gasteiger partial charge in [0.2, 0.25) is 0 Å². The quantitative estimate of drug-likeness (QED) is 0.727. The Labute approximate surface area is 120 Å². The molecule has 2 aliphatic rings. The van der Waals surface area contributed by atoms with Gasteiger partial charge in [0, 0.05) is 26.2 Å². The van der Waals surface area contributed by atoms with Gasteiger partial charge in [-0.1, -0.05) is 6.92 Å². The first-order valence-corrected chi connectivity index (χ1v) is 8.59. The van der Waals surface area contributed by atoms with Crippen LogP contribution in [0.3, 0.4) is 0 Å². The summed E-state index contributed by atoms with van der Waals surface area (Å²) < 4.78 is 29.6. The maximum Gasteiger partial charge on any atom is 0.274 e. The molecule has 3 atom stereocenters. The van der Waals surface area contributed by atoms with E-state index >= 15 is 0 Å². The van der Waals surface area contributed by atoms with Crippen molar-refractivity contribution in [3.05, 3.63) is 0 Å². The summed E-state index contributed by atoms with van der Waals surface area (Å²) in [6, 6.07) is 0. The molecule has 0 saturated carbocycles. The van der Waals surface area contributed by atoms with Crippen LogP contribution in [0.2, 0.25) is 0 Å². The molecule has 20 heavy (non-hydrogen) atoms. The normalized spacial score (nSPS) is 31.5. The number of likely N-dealkylation sites (tertiary alicyclic amines) is 1. The summed E-state index contributed by atoms with van der Waals surface area (Å²) in [4.78, 5) is 14.2. The third-order valence-electron chi connectivity index (χ3n) is 4.03. The zero-order valence-corrected chi connectivity index (χ0v) is 12.6. The molecule has 7 nitrogen and oxygen atoms in total. The molecule has 0 aliphatic carbocycles. The van der Waals surface area contributed by atoms with Crippen LogP contribution in [0.5, 0.6) is 0 Å². The molecule has 0 bridgehead atoms. The van der Waals surface area contributed by atoms with Crippen LogP contribution in [0, 0.1) is 11.8 Å². The average Bonchev–Trinajstić information content (AvgIpc) is 2.81. The molecule has 0 aromatic carbocycles. The minimum Gasteiger partial charge on any atom is -0.368 e. The summed E-state index contributed by atoms with van der Waals surface area (Å²) in [7, 11) is -3.66. The van der Waals surface area contributed by atoms with Gasteiger partial charge >= 0.3 is 0 Å². The van der Waals surface area contributed by atoms with E-state index in [1.165, 1.54) is 0 Å². The predicted octanol–water partition coefficient (Wildman–Crippen LogP) is -0.557. The van der Waals surface area contributed by atoms with Gasteiger partial charge in [-0.15, -0.1) is 0 Å². The first-order chi connectivity index (χ1) is 9.37. The number of ether oxygens (including phenoxy) is 1. The molecule has 2 rings (SSSR count). The van der Waals surface area contributed by atoms with Crippen LogP contribution in [-0.4, -0.2) is 51.6 Å². The van der Waals surface area contributed by atoms with Crippen molar-refractivity contribution in [1.82, 2.24) is 9.62 Å². The molecular formula is C12H23N3O4S. The zero-order chi connectivity index (χ0) is 14.8. The predicted molar refractivity (Wildman–Crippen MR) is 73.9 cm³/mol. The third-order valence-corrected chi connectivity index (χ3v) is 4.60. The summed E-state index contributed by atoms with van der Waals surface area (Å²) in [5.41, 5.74) is 0. The van der Waals surface area contributed by atoms with E-state index in [4.69, 9.17) is 9.88 Å². The van der Waals surface area contributed by atoms with Crippen LogP contribution in [0.1, 0.15) is 26.2 Å². The van der Waals surface area contributed by atoms with Crippen molar-refractivity contribution < 1.29 is 17.9 Å². The van der Waals surface area contributed by atoms with Gasteiger partial charge in [-0.3, -0.25) is 4.79 Å². The van der Waals surface area contributed by atoms with Crippen molar-refractivity contribution in [2.45, 2.75) is 32.3 Å². The Kier molecular flexibility index (Phi) is 5.00. The molecule has 0 spiro atoms. The number of carbonyl (C=O) groups excluding carboxylic acids is 1. The lowest BCUT2D eigenvalue weighted by Gasteiger charge is -2.34. The minimum atomic E-state index is -3.66. The van der Waals surface area contributed by atoms with Gasteiger partial charge in [0.05, 0.1) is 0 Å². The van der Waals surface area contributed by atoms with E-state index in [1.54, 1.807) is 4.90 Å². The highest BCUT2D eigenvalue weighted by molar-refractivity contribution is 7.87. The van der Waals surface area contributed by atoms with Crippen LogP contribution in [0.25, 0.3) is 0 Å². The van der Waals surface area contributed by atoms with Crippen LogP contribution in [-0.2, 0) is 19.7 Å². The summed E-state index contributed by atoms with van der Waals surface area (Å²) >= 11 is 0. The van der Waals surface area contributed by atoms with Gasteiger partial charge in [-0.05, 0) is 31.1 Å². The Morgan fingerprint density at radius 1 is 1.45 bits per heavy atom. The van der Waals surface area contributed by atoms with Crippen LogP contribution >= 0.6 is 0 Å².